The molecular weight excluding hydrogens is 609 g/mol. The first-order chi connectivity index (χ1) is 23.2. The molecule has 0 saturated heterocycles. The fourth-order valence-electron chi connectivity index (χ4n) is 4.63. The third-order valence-corrected chi connectivity index (χ3v) is 7.04. The second-order valence-corrected chi connectivity index (χ2v) is 10.5. The highest BCUT2D eigenvalue weighted by molar-refractivity contribution is 5.31. The van der Waals surface area contributed by atoms with Crippen LogP contribution in [0.25, 0.3) is 0 Å². The predicted molar refractivity (Wildman–Crippen MR) is 192 cm³/mol. The number of aromatic nitrogens is 7. The number of hydrogen-bond acceptors (Lipinski definition) is 8. The molecule has 0 fully saturated rings. The fourth-order valence-corrected chi connectivity index (χ4v) is 4.63. The number of pyridine rings is 1. The SMILES string of the molecule is C=C/C=C\C=C/CNC(C)C(N[C@H](CC)c1ncc(CC)[nH]1)(c1cnn(C)c1)c1nn(C(C)C)c(=O)o1.CC.CC.Fc1cccnc1. The van der Waals surface area contributed by atoms with Crippen molar-refractivity contribution in [2.24, 2.45) is 7.05 Å². The summed E-state index contributed by atoms with van der Waals surface area (Å²) in [5, 5.41) is 16.5. The predicted octanol–water partition coefficient (Wildman–Crippen LogP) is 6.97. The molecule has 0 aliphatic carbocycles. The van der Waals surface area contributed by atoms with Crippen molar-refractivity contribution in [1.29, 1.82) is 0 Å². The Morgan fingerprint density at radius 1 is 1.10 bits per heavy atom. The van der Waals surface area contributed by atoms with Crippen molar-refractivity contribution in [3.8, 4) is 0 Å². The maximum Gasteiger partial charge on any atom is 0.437 e. The Hall–Kier alpha value is -4.42. The van der Waals surface area contributed by atoms with Crippen LogP contribution in [0.15, 0.2) is 89.3 Å². The van der Waals surface area contributed by atoms with Crippen molar-refractivity contribution in [1.82, 2.24) is 45.1 Å². The van der Waals surface area contributed by atoms with Gasteiger partial charge in [0.05, 0.1) is 24.5 Å². The first-order valence-electron chi connectivity index (χ1n) is 16.8. The lowest BCUT2D eigenvalue weighted by molar-refractivity contribution is 0.211. The van der Waals surface area contributed by atoms with Gasteiger partial charge in [0.15, 0.2) is 0 Å². The molecule has 264 valence electrons. The molecule has 4 heterocycles. The fraction of sp³-hybridized carbons (Fsp3) is 0.472. The number of H-pyrrole nitrogens is 1. The number of halogens is 1. The summed E-state index contributed by atoms with van der Waals surface area (Å²) in [4.78, 5) is 24.4. The van der Waals surface area contributed by atoms with Crippen LogP contribution in [0.2, 0.25) is 0 Å². The van der Waals surface area contributed by atoms with Gasteiger partial charge in [0.25, 0.3) is 0 Å². The average Bonchev–Trinajstić information content (AvgIpc) is 3.86. The van der Waals surface area contributed by atoms with Gasteiger partial charge in [-0.25, -0.2) is 14.2 Å². The summed E-state index contributed by atoms with van der Waals surface area (Å²) in [6.45, 7) is 22.3. The van der Waals surface area contributed by atoms with Crippen LogP contribution in [0.3, 0.4) is 0 Å². The van der Waals surface area contributed by atoms with Crippen LogP contribution in [0.1, 0.15) is 104 Å². The van der Waals surface area contributed by atoms with E-state index in [1.165, 1.54) is 23.1 Å². The van der Waals surface area contributed by atoms with Crippen LogP contribution in [0.5, 0.6) is 0 Å². The van der Waals surface area contributed by atoms with Crippen LogP contribution < -0.4 is 16.4 Å². The molecule has 0 aliphatic heterocycles. The summed E-state index contributed by atoms with van der Waals surface area (Å²) in [6, 6.07) is 2.31. The third kappa shape index (κ3) is 11.7. The molecule has 0 amide bonds. The molecule has 3 N–H and O–H groups in total. The van der Waals surface area contributed by atoms with Crippen molar-refractivity contribution in [3.63, 3.8) is 0 Å². The molecule has 48 heavy (non-hydrogen) atoms. The zero-order valence-electron chi connectivity index (χ0n) is 30.4. The van der Waals surface area contributed by atoms with Gasteiger partial charge in [0, 0.05) is 49.5 Å². The summed E-state index contributed by atoms with van der Waals surface area (Å²) in [7, 11) is 1.86. The molecule has 3 atom stereocenters. The van der Waals surface area contributed by atoms with Crippen molar-refractivity contribution in [2.45, 2.75) is 98.8 Å². The number of aryl methyl sites for hydroxylation is 2. The lowest BCUT2D eigenvalue weighted by atomic mass is 9.83. The van der Waals surface area contributed by atoms with E-state index >= 15 is 0 Å². The average molecular weight is 666 g/mol. The van der Waals surface area contributed by atoms with Gasteiger partial charge in [-0.3, -0.25) is 15.0 Å². The highest BCUT2D eigenvalue weighted by Gasteiger charge is 2.47. The Morgan fingerprint density at radius 3 is 2.31 bits per heavy atom. The topological polar surface area (TPSA) is 131 Å². The highest BCUT2D eigenvalue weighted by atomic mass is 19.1. The maximum absolute atomic E-state index is 12.8. The van der Waals surface area contributed by atoms with Crippen molar-refractivity contribution in [2.75, 3.05) is 6.54 Å². The molecule has 2 unspecified atom stereocenters. The molecule has 0 spiro atoms. The van der Waals surface area contributed by atoms with E-state index in [1.54, 1.807) is 23.0 Å². The summed E-state index contributed by atoms with van der Waals surface area (Å²) in [5.74, 6) is 0.305. The summed E-state index contributed by atoms with van der Waals surface area (Å²) < 4.78 is 20.8. The van der Waals surface area contributed by atoms with Crippen LogP contribution in [-0.2, 0) is 19.0 Å². The van der Waals surface area contributed by atoms with Gasteiger partial charge in [0.2, 0.25) is 5.89 Å². The van der Waals surface area contributed by atoms with E-state index in [2.05, 4.69) is 56.2 Å². The van der Waals surface area contributed by atoms with Gasteiger partial charge in [-0.05, 0) is 45.7 Å². The van der Waals surface area contributed by atoms with Gasteiger partial charge >= 0.3 is 5.76 Å². The molecular formula is C36H56FN9O2. The van der Waals surface area contributed by atoms with E-state index in [9.17, 15) is 9.18 Å². The third-order valence-electron chi connectivity index (χ3n) is 7.04. The van der Waals surface area contributed by atoms with E-state index in [1.807, 2.05) is 92.2 Å². The molecule has 0 aromatic carbocycles. The highest BCUT2D eigenvalue weighted by Crippen LogP contribution is 2.35. The monoisotopic (exact) mass is 665 g/mol. The Bertz CT molecular complexity index is 1550. The summed E-state index contributed by atoms with van der Waals surface area (Å²) in [6.07, 6.45) is 19.4. The number of allylic oxidation sites excluding steroid dienone is 4. The number of imidazole rings is 1. The Kier molecular flexibility index (Phi) is 19.2. The number of rotatable bonds is 14. The van der Waals surface area contributed by atoms with Crippen molar-refractivity contribution in [3.05, 3.63) is 119 Å². The van der Waals surface area contributed by atoms with Gasteiger partial charge in [-0.15, -0.1) is 5.10 Å². The first-order valence-corrected chi connectivity index (χ1v) is 16.8. The van der Waals surface area contributed by atoms with Crippen molar-refractivity contribution >= 4 is 0 Å². The van der Waals surface area contributed by atoms with Gasteiger partial charge in [-0.2, -0.15) is 9.78 Å². The Morgan fingerprint density at radius 2 is 1.83 bits per heavy atom. The minimum Gasteiger partial charge on any atom is -0.390 e. The second-order valence-electron chi connectivity index (χ2n) is 10.5. The minimum atomic E-state index is -1.03. The molecule has 11 nitrogen and oxygen atoms in total. The first kappa shape index (κ1) is 41.6. The van der Waals surface area contributed by atoms with E-state index in [0.717, 1.165) is 29.9 Å². The number of nitrogens with one attached hydrogen (secondary N) is 3. The van der Waals surface area contributed by atoms with Crippen LogP contribution >= 0.6 is 0 Å². The van der Waals surface area contributed by atoms with Crippen LogP contribution in [0.4, 0.5) is 4.39 Å². The van der Waals surface area contributed by atoms with E-state index in [0.29, 0.717) is 6.54 Å². The molecule has 4 aromatic rings. The smallest absolute Gasteiger partial charge is 0.390 e. The quantitative estimate of drug-likeness (QED) is 0.123. The lowest BCUT2D eigenvalue weighted by Crippen LogP contribution is -2.58. The molecule has 4 aromatic heterocycles. The summed E-state index contributed by atoms with van der Waals surface area (Å²) >= 11 is 0. The van der Waals surface area contributed by atoms with Gasteiger partial charge < -0.3 is 14.7 Å². The van der Waals surface area contributed by atoms with Gasteiger partial charge in [-0.1, -0.05) is 78.5 Å². The molecule has 12 heteroatoms. The lowest BCUT2D eigenvalue weighted by Gasteiger charge is -2.39. The Labute approximate surface area is 285 Å². The molecule has 0 aliphatic rings. The molecule has 0 radical (unpaired) electrons. The number of aromatic amines is 1. The van der Waals surface area contributed by atoms with E-state index < -0.39 is 11.3 Å². The number of nitrogens with zero attached hydrogens (tertiary/aromatic N) is 6. The van der Waals surface area contributed by atoms with Crippen molar-refractivity contribution < 1.29 is 8.81 Å². The summed E-state index contributed by atoms with van der Waals surface area (Å²) in [5.41, 5.74) is 0.850. The zero-order chi connectivity index (χ0) is 36.1. The normalized spacial score (nSPS) is 13.5. The van der Waals surface area contributed by atoms with Crippen LogP contribution in [-0.4, -0.2) is 47.1 Å². The van der Waals surface area contributed by atoms with Crippen LogP contribution in [0, 0.1) is 5.82 Å². The molecule has 4 rings (SSSR count). The van der Waals surface area contributed by atoms with Gasteiger partial charge in [0.1, 0.15) is 17.2 Å². The second kappa shape index (κ2) is 22.2. The largest absolute Gasteiger partial charge is 0.437 e. The molecule has 0 saturated carbocycles. The number of hydrogen-bond donors (Lipinski definition) is 3. The standard InChI is InChI=1S/C27H40N8O2.C5H4FN.2C2H6/c1-8-11-12-13-14-15-28-20(6)27(21-16-30-34(7)18-21,25-33-35(19(4)5)26(36)37-25)32-23(10-3)24-29-17-22(9-2)31-24;6-5-2-1-3-7-4-5;2*1-2/h8,11-14,16-20,23,28,32H,1,9-10,15H2,2-7H3,(H,29,31);1-4H;2*1-2H3/b12-11-,14-13-;;;/t20?,23-,27?;;;/m1.../s1. The molecule has 0 bridgehead atoms. The van der Waals surface area contributed by atoms with E-state index in [4.69, 9.17) is 4.42 Å². The minimum absolute atomic E-state index is 0.154. The Balaban J connectivity index is 0.000000902. The zero-order valence-corrected chi connectivity index (χ0v) is 30.4. The maximum atomic E-state index is 12.8. The van der Waals surface area contributed by atoms with E-state index in [-0.39, 0.29) is 29.8 Å².